The molecule has 2 aromatic rings. The van der Waals surface area contributed by atoms with Gasteiger partial charge >= 0.3 is 0 Å². The quantitative estimate of drug-likeness (QED) is 0.628. The van der Waals surface area contributed by atoms with E-state index in [9.17, 15) is 4.79 Å². The van der Waals surface area contributed by atoms with Gasteiger partial charge in [0.1, 0.15) is 11.4 Å². The second-order valence-corrected chi connectivity index (χ2v) is 9.35. The van der Waals surface area contributed by atoms with E-state index in [4.69, 9.17) is 16.3 Å². The first-order chi connectivity index (χ1) is 12.8. The van der Waals surface area contributed by atoms with Crippen LogP contribution in [0.1, 0.15) is 50.8 Å². The van der Waals surface area contributed by atoms with Crippen molar-refractivity contribution < 1.29 is 9.53 Å². The van der Waals surface area contributed by atoms with Gasteiger partial charge in [0.25, 0.3) is 0 Å². The molecule has 27 heavy (non-hydrogen) atoms. The second-order valence-electron chi connectivity index (χ2n) is 7.64. The molecular formula is C22H26ClNO2S. The molecule has 0 aliphatic carbocycles. The molecule has 1 aliphatic heterocycles. The van der Waals surface area contributed by atoms with Crippen LogP contribution in [-0.4, -0.2) is 16.8 Å². The Morgan fingerprint density at radius 2 is 2.00 bits per heavy atom. The van der Waals surface area contributed by atoms with Gasteiger partial charge in [0.15, 0.2) is 0 Å². The van der Waals surface area contributed by atoms with Crippen LogP contribution in [0.25, 0.3) is 0 Å². The maximum atomic E-state index is 13.0. The van der Waals surface area contributed by atoms with Crippen molar-refractivity contribution in [2.45, 2.75) is 62.3 Å². The Bertz CT molecular complexity index is 820. The smallest absolute Gasteiger partial charge is 0.233 e. The minimum Gasteiger partial charge on any atom is -0.487 e. The zero-order valence-corrected chi connectivity index (χ0v) is 17.8. The lowest BCUT2D eigenvalue weighted by Gasteiger charge is -2.38. The Hall–Kier alpha value is -1.65. The van der Waals surface area contributed by atoms with E-state index in [1.807, 2.05) is 43.3 Å². The maximum Gasteiger partial charge on any atom is 0.233 e. The molecule has 1 aliphatic rings. The fraction of sp³-hybridized carbons (Fsp3) is 0.409. The van der Waals surface area contributed by atoms with Gasteiger partial charge in [-0.15, -0.1) is 11.8 Å². The van der Waals surface area contributed by atoms with Crippen molar-refractivity contribution in [1.29, 1.82) is 0 Å². The molecular weight excluding hydrogens is 378 g/mol. The summed E-state index contributed by atoms with van der Waals surface area (Å²) >= 11 is 7.54. The number of thioether (sulfide) groups is 1. The zero-order chi connectivity index (χ0) is 19.6. The summed E-state index contributed by atoms with van der Waals surface area (Å²) in [5.74, 6) is 0.924. The zero-order valence-electron chi connectivity index (χ0n) is 16.2. The van der Waals surface area contributed by atoms with Gasteiger partial charge in [-0.2, -0.15) is 0 Å². The molecule has 0 fully saturated rings. The van der Waals surface area contributed by atoms with Crippen LogP contribution in [0.3, 0.4) is 0 Å². The van der Waals surface area contributed by atoms with Crippen molar-refractivity contribution in [3.05, 3.63) is 58.6 Å². The van der Waals surface area contributed by atoms with Crippen LogP contribution in [0, 0.1) is 6.92 Å². The Morgan fingerprint density at radius 1 is 1.30 bits per heavy atom. The molecule has 0 aromatic heterocycles. The van der Waals surface area contributed by atoms with Gasteiger partial charge in [-0.05, 0) is 57.5 Å². The first-order valence-electron chi connectivity index (χ1n) is 9.29. The summed E-state index contributed by atoms with van der Waals surface area (Å²) < 4.78 is 6.11. The Balaban J connectivity index is 1.77. The standard InChI is InChI=1S/C22H26ClNO2S/c1-5-20(27-16-9-7-15(23)8-10-16)21(25)24-18-13-22(3,4)26-19-11-6-14(2)12-17(18)19/h6-12,18,20H,5,13H2,1-4H3,(H,24,25)/t18-,20-/m1/s1. The van der Waals surface area contributed by atoms with Crippen molar-refractivity contribution in [3.63, 3.8) is 0 Å². The molecule has 3 rings (SSSR count). The number of nitrogens with one attached hydrogen (secondary N) is 1. The average Bonchev–Trinajstić information content (AvgIpc) is 2.61. The third-order valence-electron chi connectivity index (χ3n) is 4.69. The van der Waals surface area contributed by atoms with Crippen molar-refractivity contribution in [2.24, 2.45) is 0 Å². The molecule has 1 heterocycles. The van der Waals surface area contributed by atoms with Crippen LogP contribution in [0.4, 0.5) is 0 Å². The number of carbonyl (C=O) groups excluding carboxylic acids is 1. The topological polar surface area (TPSA) is 38.3 Å². The predicted octanol–water partition coefficient (Wildman–Crippen LogP) is 5.94. The lowest BCUT2D eigenvalue weighted by molar-refractivity contribution is -0.121. The van der Waals surface area contributed by atoms with E-state index >= 15 is 0 Å². The van der Waals surface area contributed by atoms with Crippen molar-refractivity contribution in [2.75, 3.05) is 0 Å². The number of hydrogen-bond donors (Lipinski definition) is 1. The first-order valence-corrected chi connectivity index (χ1v) is 10.6. The maximum absolute atomic E-state index is 13.0. The number of aryl methyl sites for hydroxylation is 1. The van der Waals surface area contributed by atoms with Gasteiger partial charge < -0.3 is 10.1 Å². The number of benzene rings is 2. The van der Waals surface area contributed by atoms with Crippen LogP contribution in [0.15, 0.2) is 47.4 Å². The average molecular weight is 404 g/mol. The highest BCUT2D eigenvalue weighted by Gasteiger charge is 2.35. The molecule has 1 N–H and O–H groups in total. The van der Waals surface area contributed by atoms with Crippen LogP contribution in [0.2, 0.25) is 5.02 Å². The largest absolute Gasteiger partial charge is 0.487 e. The second kappa shape index (κ2) is 8.15. The van der Waals surface area contributed by atoms with Crippen LogP contribution < -0.4 is 10.1 Å². The molecule has 0 saturated heterocycles. The van der Waals surface area contributed by atoms with Crippen molar-refractivity contribution >= 4 is 29.3 Å². The molecule has 0 spiro atoms. The minimum absolute atomic E-state index is 0.0454. The summed E-state index contributed by atoms with van der Waals surface area (Å²) in [7, 11) is 0. The van der Waals surface area contributed by atoms with E-state index in [-0.39, 0.29) is 22.8 Å². The molecule has 3 nitrogen and oxygen atoms in total. The fourth-order valence-corrected chi connectivity index (χ4v) is 4.46. The predicted molar refractivity (Wildman–Crippen MR) is 113 cm³/mol. The lowest BCUT2D eigenvalue weighted by Crippen LogP contribution is -2.43. The molecule has 2 aromatic carbocycles. The third-order valence-corrected chi connectivity index (χ3v) is 6.32. The number of rotatable bonds is 5. The number of amides is 1. The van der Waals surface area contributed by atoms with Crippen molar-refractivity contribution in [3.8, 4) is 5.75 Å². The summed E-state index contributed by atoms with van der Waals surface area (Å²) in [6, 6.07) is 13.7. The van der Waals surface area contributed by atoms with Gasteiger partial charge in [0, 0.05) is 21.9 Å². The number of carbonyl (C=O) groups is 1. The summed E-state index contributed by atoms with van der Waals surface area (Å²) in [6.45, 7) is 8.23. The van der Waals surface area contributed by atoms with Gasteiger partial charge in [-0.3, -0.25) is 4.79 Å². The molecule has 144 valence electrons. The van der Waals surface area contributed by atoms with E-state index in [1.54, 1.807) is 11.8 Å². The summed E-state index contributed by atoms with van der Waals surface area (Å²) in [5.41, 5.74) is 1.92. The van der Waals surface area contributed by atoms with E-state index < -0.39 is 0 Å². The van der Waals surface area contributed by atoms with Crippen LogP contribution in [-0.2, 0) is 4.79 Å². The number of fused-ring (bicyclic) bond motifs is 1. The molecule has 5 heteroatoms. The Morgan fingerprint density at radius 3 is 2.67 bits per heavy atom. The molecule has 2 atom stereocenters. The molecule has 0 radical (unpaired) electrons. The fourth-order valence-electron chi connectivity index (χ4n) is 3.37. The van der Waals surface area contributed by atoms with Crippen molar-refractivity contribution in [1.82, 2.24) is 5.32 Å². The summed E-state index contributed by atoms with van der Waals surface area (Å²) in [4.78, 5) is 14.1. The Labute approximate surface area is 170 Å². The normalized spacial score (nSPS) is 18.9. The van der Waals surface area contributed by atoms with Gasteiger partial charge in [-0.25, -0.2) is 0 Å². The summed E-state index contributed by atoms with van der Waals surface area (Å²) in [6.07, 6.45) is 1.50. The molecule has 1 amide bonds. The molecule has 0 unspecified atom stereocenters. The monoisotopic (exact) mass is 403 g/mol. The third kappa shape index (κ3) is 4.99. The van der Waals surface area contributed by atoms with E-state index in [0.717, 1.165) is 29.1 Å². The number of hydrogen-bond acceptors (Lipinski definition) is 3. The van der Waals surface area contributed by atoms with E-state index in [1.165, 1.54) is 5.56 Å². The SMILES string of the molecule is CC[C@@H](Sc1ccc(Cl)cc1)C(=O)N[C@@H]1CC(C)(C)Oc2ccc(C)cc21. The minimum atomic E-state index is -0.314. The van der Waals surface area contributed by atoms with E-state index in [2.05, 4.69) is 32.2 Å². The molecule has 0 saturated carbocycles. The molecule has 0 bridgehead atoms. The Kier molecular flexibility index (Phi) is 6.07. The number of ether oxygens (including phenoxy) is 1. The first kappa shape index (κ1) is 20.1. The van der Waals surface area contributed by atoms with Gasteiger partial charge in [0.05, 0.1) is 11.3 Å². The highest BCUT2D eigenvalue weighted by Crippen LogP contribution is 2.40. The summed E-state index contributed by atoms with van der Waals surface area (Å²) in [5, 5.41) is 3.83. The lowest BCUT2D eigenvalue weighted by atomic mass is 9.89. The van der Waals surface area contributed by atoms with Crippen LogP contribution in [0.5, 0.6) is 5.75 Å². The highest BCUT2D eigenvalue weighted by molar-refractivity contribution is 8.00. The van der Waals surface area contributed by atoms with Gasteiger partial charge in [0.2, 0.25) is 5.91 Å². The van der Waals surface area contributed by atoms with Crippen LogP contribution >= 0.6 is 23.4 Å². The highest BCUT2D eigenvalue weighted by atomic mass is 35.5. The van der Waals surface area contributed by atoms with Gasteiger partial charge in [-0.1, -0.05) is 36.2 Å². The van der Waals surface area contributed by atoms with E-state index in [0.29, 0.717) is 5.02 Å². The number of halogens is 1.